The van der Waals surface area contributed by atoms with Crippen LogP contribution in [0.15, 0.2) is 18.2 Å². The third kappa shape index (κ3) is 3.61. The van der Waals surface area contributed by atoms with Crippen LogP contribution in [0.4, 0.5) is 0 Å². The summed E-state index contributed by atoms with van der Waals surface area (Å²) in [5.74, 6) is 1.50. The monoisotopic (exact) mass is 231 g/mol. The minimum Gasteiger partial charge on any atom is -0.493 e. The van der Waals surface area contributed by atoms with Crippen LogP contribution < -0.4 is 15.2 Å². The minimum atomic E-state index is 0. The number of benzene rings is 1. The molecule has 0 aliphatic heterocycles. The lowest BCUT2D eigenvalue weighted by molar-refractivity contribution is 0.310. The molecule has 0 aliphatic carbocycles. The van der Waals surface area contributed by atoms with E-state index in [0.717, 1.165) is 17.1 Å². The van der Waals surface area contributed by atoms with Crippen LogP contribution in [-0.4, -0.2) is 13.7 Å². The van der Waals surface area contributed by atoms with Gasteiger partial charge in [0.2, 0.25) is 0 Å². The van der Waals surface area contributed by atoms with Crippen molar-refractivity contribution in [1.82, 2.24) is 0 Å². The Morgan fingerprint density at radius 3 is 2.47 bits per heavy atom. The summed E-state index contributed by atoms with van der Waals surface area (Å²) in [6, 6.07) is 5.77. The van der Waals surface area contributed by atoms with Crippen molar-refractivity contribution in [2.24, 2.45) is 5.73 Å². The number of ether oxygens (including phenoxy) is 2. The second kappa shape index (κ2) is 6.53. The van der Waals surface area contributed by atoms with Gasteiger partial charge in [-0.15, -0.1) is 12.4 Å². The summed E-state index contributed by atoms with van der Waals surface area (Å²) in [4.78, 5) is 0. The molecule has 0 heterocycles. The van der Waals surface area contributed by atoms with Gasteiger partial charge in [-0.2, -0.15) is 0 Å². The third-order valence-electron chi connectivity index (χ3n) is 2.01. The molecule has 86 valence electrons. The fraction of sp³-hybridized carbons (Fsp3) is 0.455. The molecule has 1 atom stereocenters. The van der Waals surface area contributed by atoms with Crippen molar-refractivity contribution in [3.63, 3.8) is 0 Å². The molecule has 0 bridgehead atoms. The van der Waals surface area contributed by atoms with Gasteiger partial charge in [0.05, 0.1) is 13.7 Å². The van der Waals surface area contributed by atoms with E-state index in [4.69, 9.17) is 15.2 Å². The molecule has 0 unspecified atom stereocenters. The first-order valence-electron chi connectivity index (χ1n) is 4.75. The molecule has 0 aliphatic rings. The quantitative estimate of drug-likeness (QED) is 0.866. The van der Waals surface area contributed by atoms with Gasteiger partial charge in [0, 0.05) is 6.04 Å². The van der Waals surface area contributed by atoms with Gasteiger partial charge in [-0.1, -0.05) is 6.07 Å². The van der Waals surface area contributed by atoms with Crippen LogP contribution >= 0.6 is 12.4 Å². The zero-order valence-corrected chi connectivity index (χ0v) is 10.1. The van der Waals surface area contributed by atoms with Crippen LogP contribution in [0.3, 0.4) is 0 Å². The SMILES string of the molecule is CCOc1ccc([C@@H](C)N)cc1OC.Cl. The summed E-state index contributed by atoms with van der Waals surface area (Å²) in [5, 5.41) is 0. The van der Waals surface area contributed by atoms with Gasteiger partial charge in [0.1, 0.15) is 0 Å². The Labute approximate surface area is 97.0 Å². The van der Waals surface area contributed by atoms with Gasteiger partial charge < -0.3 is 15.2 Å². The Kier molecular flexibility index (Phi) is 6.13. The van der Waals surface area contributed by atoms with E-state index in [9.17, 15) is 0 Å². The topological polar surface area (TPSA) is 44.5 Å². The average Bonchev–Trinajstić information content (AvgIpc) is 2.18. The second-order valence-corrected chi connectivity index (χ2v) is 3.13. The van der Waals surface area contributed by atoms with Gasteiger partial charge in [0.15, 0.2) is 11.5 Å². The van der Waals surface area contributed by atoms with Gasteiger partial charge in [-0.25, -0.2) is 0 Å². The zero-order valence-electron chi connectivity index (χ0n) is 9.32. The number of nitrogens with two attached hydrogens (primary N) is 1. The highest BCUT2D eigenvalue weighted by Gasteiger charge is 2.06. The molecule has 1 aromatic rings. The van der Waals surface area contributed by atoms with Crippen LogP contribution in [-0.2, 0) is 0 Å². The number of methoxy groups -OCH3 is 1. The third-order valence-corrected chi connectivity index (χ3v) is 2.01. The fourth-order valence-electron chi connectivity index (χ4n) is 1.24. The average molecular weight is 232 g/mol. The summed E-state index contributed by atoms with van der Waals surface area (Å²) in [7, 11) is 1.63. The predicted molar refractivity (Wildman–Crippen MR) is 64.0 cm³/mol. The number of rotatable bonds is 4. The molecule has 0 radical (unpaired) electrons. The molecule has 15 heavy (non-hydrogen) atoms. The van der Waals surface area contributed by atoms with E-state index < -0.39 is 0 Å². The molecule has 3 nitrogen and oxygen atoms in total. The van der Waals surface area contributed by atoms with Gasteiger partial charge in [-0.3, -0.25) is 0 Å². The van der Waals surface area contributed by atoms with E-state index >= 15 is 0 Å². The highest BCUT2D eigenvalue weighted by atomic mass is 35.5. The Balaban J connectivity index is 0.00000196. The van der Waals surface area contributed by atoms with E-state index in [1.165, 1.54) is 0 Å². The highest BCUT2D eigenvalue weighted by Crippen LogP contribution is 2.29. The zero-order chi connectivity index (χ0) is 10.6. The molecule has 0 saturated carbocycles. The lowest BCUT2D eigenvalue weighted by Crippen LogP contribution is -2.05. The molecule has 0 fully saturated rings. The molecule has 1 aromatic carbocycles. The molecule has 0 spiro atoms. The van der Waals surface area contributed by atoms with Crippen molar-refractivity contribution in [2.45, 2.75) is 19.9 Å². The lowest BCUT2D eigenvalue weighted by atomic mass is 10.1. The number of hydrogen-bond donors (Lipinski definition) is 1. The lowest BCUT2D eigenvalue weighted by Gasteiger charge is -2.12. The Morgan fingerprint density at radius 1 is 1.33 bits per heavy atom. The van der Waals surface area contributed by atoms with Crippen molar-refractivity contribution >= 4 is 12.4 Å². The van der Waals surface area contributed by atoms with E-state index in [1.807, 2.05) is 32.0 Å². The second-order valence-electron chi connectivity index (χ2n) is 3.13. The maximum atomic E-state index is 5.76. The van der Waals surface area contributed by atoms with E-state index in [1.54, 1.807) is 7.11 Å². The van der Waals surface area contributed by atoms with Gasteiger partial charge >= 0.3 is 0 Å². The van der Waals surface area contributed by atoms with E-state index in [2.05, 4.69) is 0 Å². The highest BCUT2D eigenvalue weighted by molar-refractivity contribution is 5.85. The number of halogens is 1. The van der Waals surface area contributed by atoms with Crippen molar-refractivity contribution in [3.8, 4) is 11.5 Å². The molecule has 2 N–H and O–H groups in total. The summed E-state index contributed by atoms with van der Waals surface area (Å²) < 4.78 is 10.6. The standard InChI is InChI=1S/C11H17NO2.ClH/c1-4-14-10-6-5-9(8(2)12)7-11(10)13-3;/h5-8H,4,12H2,1-3H3;1H/t8-;/m1./s1. The predicted octanol–water partition coefficient (Wildman–Crippen LogP) is 2.54. The van der Waals surface area contributed by atoms with Crippen LogP contribution in [0.5, 0.6) is 11.5 Å². The van der Waals surface area contributed by atoms with Crippen LogP contribution in [0, 0.1) is 0 Å². The largest absolute Gasteiger partial charge is 0.493 e. The number of hydrogen-bond acceptors (Lipinski definition) is 3. The first-order valence-corrected chi connectivity index (χ1v) is 4.75. The molecule has 0 amide bonds. The van der Waals surface area contributed by atoms with Crippen LogP contribution in [0.25, 0.3) is 0 Å². The van der Waals surface area contributed by atoms with Gasteiger partial charge in [-0.05, 0) is 31.5 Å². The minimum absolute atomic E-state index is 0. The molecule has 4 heteroatoms. The first kappa shape index (κ1) is 14.1. The van der Waals surface area contributed by atoms with Crippen molar-refractivity contribution < 1.29 is 9.47 Å². The summed E-state index contributed by atoms with van der Waals surface area (Å²) >= 11 is 0. The van der Waals surface area contributed by atoms with E-state index in [-0.39, 0.29) is 18.4 Å². The fourth-order valence-corrected chi connectivity index (χ4v) is 1.24. The maximum absolute atomic E-state index is 5.76. The molecular formula is C11H18ClNO2. The first-order chi connectivity index (χ1) is 6.69. The van der Waals surface area contributed by atoms with Crippen molar-refractivity contribution in [2.75, 3.05) is 13.7 Å². The molecular weight excluding hydrogens is 214 g/mol. The molecule has 0 aromatic heterocycles. The van der Waals surface area contributed by atoms with Gasteiger partial charge in [0.25, 0.3) is 0 Å². The molecule has 1 rings (SSSR count). The summed E-state index contributed by atoms with van der Waals surface area (Å²) in [6.45, 7) is 4.52. The van der Waals surface area contributed by atoms with Crippen LogP contribution in [0.2, 0.25) is 0 Å². The smallest absolute Gasteiger partial charge is 0.161 e. The van der Waals surface area contributed by atoms with Crippen molar-refractivity contribution in [1.29, 1.82) is 0 Å². The summed E-state index contributed by atoms with van der Waals surface area (Å²) in [6.07, 6.45) is 0. The Hall–Kier alpha value is -0.930. The van der Waals surface area contributed by atoms with Crippen molar-refractivity contribution in [3.05, 3.63) is 23.8 Å². The van der Waals surface area contributed by atoms with E-state index in [0.29, 0.717) is 6.61 Å². The maximum Gasteiger partial charge on any atom is 0.161 e. The normalized spacial score (nSPS) is 11.5. The molecule has 0 saturated heterocycles. The Morgan fingerprint density at radius 2 is 2.00 bits per heavy atom. The van der Waals surface area contributed by atoms with Crippen LogP contribution in [0.1, 0.15) is 25.5 Å². The Bertz CT molecular complexity index is 303. The summed E-state index contributed by atoms with van der Waals surface area (Å²) in [5.41, 5.74) is 6.81.